The van der Waals surface area contributed by atoms with Crippen LogP contribution in [0.4, 0.5) is 4.79 Å². The summed E-state index contributed by atoms with van der Waals surface area (Å²) in [7, 11) is 1.73. The maximum atomic E-state index is 12.1. The van der Waals surface area contributed by atoms with E-state index in [1.165, 1.54) is 17.7 Å². The van der Waals surface area contributed by atoms with Crippen molar-refractivity contribution in [1.82, 2.24) is 9.80 Å². The lowest BCUT2D eigenvalue weighted by Crippen LogP contribution is -2.45. The minimum atomic E-state index is -1.00. The van der Waals surface area contributed by atoms with Crippen molar-refractivity contribution >= 4 is 12.0 Å². The number of amides is 2. The van der Waals surface area contributed by atoms with Gasteiger partial charge in [0, 0.05) is 20.1 Å². The number of hydrogen-bond acceptors (Lipinski definition) is 2. The molecular formula is C13H22N2O3. The van der Waals surface area contributed by atoms with Crippen molar-refractivity contribution in [3.63, 3.8) is 0 Å². The molecule has 0 aliphatic heterocycles. The van der Waals surface area contributed by atoms with Gasteiger partial charge < -0.3 is 14.9 Å². The number of hydrogen-bond donors (Lipinski definition) is 1. The number of carboxylic acids is 1. The molecule has 0 aromatic heterocycles. The van der Waals surface area contributed by atoms with E-state index in [1.807, 2.05) is 0 Å². The SMILES string of the molecule is C=CCN(CC(=O)O)C(=O)N(C)CC1CCCC1. The van der Waals surface area contributed by atoms with Crippen LogP contribution in [0.1, 0.15) is 25.7 Å². The van der Waals surface area contributed by atoms with Gasteiger partial charge in [-0.15, -0.1) is 6.58 Å². The highest BCUT2D eigenvalue weighted by Crippen LogP contribution is 2.25. The number of nitrogens with zero attached hydrogens (tertiary/aromatic N) is 2. The minimum absolute atomic E-state index is 0.232. The Morgan fingerprint density at radius 3 is 2.50 bits per heavy atom. The fraction of sp³-hybridized carbons (Fsp3) is 0.692. The molecular weight excluding hydrogens is 232 g/mol. The monoisotopic (exact) mass is 254 g/mol. The van der Waals surface area contributed by atoms with Crippen LogP contribution in [0.5, 0.6) is 0 Å². The maximum absolute atomic E-state index is 12.1. The van der Waals surface area contributed by atoms with E-state index in [2.05, 4.69) is 6.58 Å². The number of aliphatic carboxylic acids is 1. The molecule has 0 unspecified atom stereocenters. The van der Waals surface area contributed by atoms with Crippen LogP contribution in [0, 0.1) is 5.92 Å². The van der Waals surface area contributed by atoms with Gasteiger partial charge in [-0.1, -0.05) is 18.9 Å². The van der Waals surface area contributed by atoms with E-state index in [9.17, 15) is 9.59 Å². The summed E-state index contributed by atoms with van der Waals surface area (Å²) < 4.78 is 0. The molecule has 1 aliphatic carbocycles. The average Bonchev–Trinajstić information content (AvgIpc) is 2.79. The summed E-state index contributed by atoms with van der Waals surface area (Å²) in [5.41, 5.74) is 0. The second-order valence-electron chi connectivity index (χ2n) is 4.88. The van der Waals surface area contributed by atoms with Gasteiger partial charge in [0.1, 0.15) is 6.54 Å². The molecule has 0 heterocycles. The Morgan fingerprint density at radius 2 is 2.00 bits per heavy atom. The van der Waals surface area contributed by atoms with E-state index in [0.29, 0.717) is 12.5 Å². The highest BCUT2D eigenvalue weighted by atomic mass is 16.4. The molecule has 0 spiro atoms. The molecule has 1 rings (SSSR count). The van der Waals surface area contributed by atoms with Crippen LogP contribution in [-0.2, 0) is 4.79 Å². The highest BCUT2D eigenvalue weighted by molar-refractivity contribution is 5.80. The van der Waals surface area contributed by atoms with Gasteiger partial charge >= 0.3 is 12.0 Å². The summed E-state index contributed by atoms with van der Waals surface area (Å²) in [5, 5.41) is 8.78. The first-order valence-electron chi connectivity index (χ1n) is 6.37. The van der Waals surface area contributed by atoms with Crippen molar-refractivity contribution in [1.29, 1.82) is 0 Å². The van der Waals surface area contributed by atoms with Gasteiger partial charge in [0.25, 0.3) is 0 Å². The second-order valence-corrected chi connectivity index (χ2v) is 4.88. The fourth-order valence-electron chi connectivity index (χ4n) is 2.43. The molecule has 1 aliphatic rings. The van der Waals surface area contributed by atoms with Gasteiger partial charge in [0.2, 0.25) is 0 Å². The summed E-state index contributed by atoms with van der Waals surface area (Å²) >= 11 is 0. The Kier molecular flexibility index (Phi) is 5.68. The van der Waals surface area contributed by atoms with Gasteiger partial charge in [0.15, 0.2) is 0 Å². The summed E-state index contributed by atoms with van der Waals surface area (Å²) in [6.07, 6.45) is 6.34. The van der Waals surface area contributed by atoms with Gasteiger partial charge in [-0.2, -0.15) is 0 Å². The Balaban J connectivity index is 2.51. The highest BCUT2D eigenvalue weighted by Gasteiger charge is 2.23. The molecule has 2 amide bonds. The summed E-state index contributed by atoms with van der Waals surface area (Å²) in [6, 6.07) is -0.232. The van der Waals surface area contributed by atoms with Crippen molar-refractivity contribution in [3.8, 4) is 0 Å². The van der Waals surface area contributed by atoms with Crippen molar-refractivity contribution in [3.05, 3.63) is 12.7 Å². The number of carbonyl (C=O) groups excluding carboxylic acids is 1. The van der Waals surface area contributed by atoms with Crippen LogP contribution >= 0.6 is 0 Å². The van der Waals surface area contributed by atoms with E-state index in [1.54, 1.807) is 18.0 Å². The predicted molar refractivity (Wildman–Crippen MR) is 69.4 cm³/mol. The number of carboxylic acid groups (broad SMARTS) is 1. The first kappa shape index (κ1) is 14.5. The maximum Gasteiger partial charge on any atom is 0.323 e. The largest absolute Gasteiger partial charge is 0.480 e. The lowest BCUT2D eigenvalue weighted by molar-refractivity contribution is -0.137. The molecule has 0 radical (unpaired) electrons. The van der Waals surface area contributed by atoms with Gasteiger partial charge in [-0.05, 0) is 18.8 Å². The lowest BCUT2D eigenvalue weighted by atomic mass is 10.1. The van der Waals surface area contributed by atoms with Crippen LogP contribution in [0.25, 0.3) is 0 Å². The van der Waals surface area contributed by atoms with E-state index >= 15 is 0 Å². The smallest absolute Gasteiger partial charge is 0.323 e. The third kappa shape index (κ3) is 4.39. The summed E-state index contributed by atoms with van der Waals surface area (Å²) in [5.74, 6) is -0.436. The molecule has 0 atom stereocenters. The molecule has 5 nitrogen and oxygen atoms in total. The van der Waals surface area contributed by atoms with E-state index in [0.717, 1.165) is 12.8 Å². The predicted octanol–water partition coefficient (Wildman–Crippen LogP) is 1.80. The molecule has 1 N–H and O–H groups in total. The Labute approximate surface area is 108 Å². The zero-order valence-electron chi connectivity index (χ0n) is 11.0. The molecule has 0 saturated heterocycles. The van der Waals surface area contributed by atoms with E-state index in [-0.39, 0.29) is 19.1 Å². The third-order valence-corrected chi connectivity index (χ3v) is 3.28. The molecule has 1 fully saturated rings. The zero-order chi connectivity index (χ0) is 13.5. The molecule has 18 heavy (non-hydrogen) atoms. The van der Waals surface area contributed by atoms with Crippen LogP contribution in [0.15, 0.2) is 12.7 Å². The Morgan fingerprint density at radius 1 is 1.39 bits per heavy atom. The van der Waals surface area contributed by atoms with Gasteiger partial charge in [-0.3, -0.25) is 4.79 Å². The van der Waals surface area contributed by atoms with Crippen molar-refractivity contribution in [2.45, 2.75) is 25.7 Å². The Hall–Kier alpha value is -1.52. The molecule has 1 saturated carbocycles. The van der Waals surface area contributed by atoms with Gasteiger partial charge in [0.05, 0.1) is 0 Å². The number of rotatable bonds is 6. The quantitative estimate of drug-likeness (QED) is 0.735. The first-order valence-corrected chi connectivity index (χ1v) is 6.37. The van der Waals surface area contributed by atoms with Crippen LogP contribution in [-0.4, -0.2) is 53.6 Å². The average molecular weight is 254 g/mol. The van der Waals surface area contributed by atoms with Crippen molar-refractivity contribution in [2.24, 2.45) is 5.92 Å². The minimum Gasteiger partial charge on any atom is -0.480 e. The van der Waals surface area contributed by atoms with Crippen molar-refractivity contribution in [2.75, 3.05) is 26.7 Å². The van der Waals surface area contributed by atoms with Crippen LogP contribution in [0.2, 0.25) is 0 Å². The second kappa shape index (κ2) is 7.03. The summed E-state index contributed by atoms with van der Waals surface area (Å²) in [4.78, 5) is 25.7. The summed E-state index contributed by atoms with van der Waals surface area (Å²) in [6.45, 7) is 4.25. The zero-order valence-corrected chi connectivity index (χ0v) is 11.0. The van der Waals surface area contributed by atoms with Crippen molar-refractivity contribution < 1.29 is 14.7 Å². The standard InChI is InChI=1S/C13H22N2O3/c1-3-8-15(10-12(16)17)13(18)14(2)9-11-6-4-5-7-11/h3,11H,1,4-10H2,2H3,(H,16,17). The van der Waals surface area contributed by atoms with Gasteiger partial charge in [-0.25, -0.2) is 4.79 Å². The van der Waals surface area contributed by atoms with Crippen LogP contribution < -0.4 is 0 Å². The molecule has 5 heteroatoms. The van der Waals surface area contributed by atoms with E-state index < -0.39 is 5.97 Å². The fourth-order valence-corrected chi connectivity index (χ4v) is 2.43. The normalized spacial score (nSPS) is 15.4. The topological polar surface area (TPSA) is 60.9 Å². The van der Waals surface area contributed by atoms with E-state index in [4.69, 9.17) is 5.11 Å². The lowest BCUT2D eigenvalue weighted by Gasteiger charge is -2.27. The molecule has 0 aromatic carbocycles. The Bertz CT molecular complexity index is 311. The number of carbonyl (C=O) groups is 2. The number of urea groups is 1. The molecule has 0 bridgehead atoms. The first-order chi connectivity index (χ1) is 8.54. The molecule has 102 valence electrons. The third-order valence-electron chi connectivity index (χ3n) is 3.28. The van der Waals surface area contributed by atoms with Crippen LogP contribution in [0.3, 0.4) is 0 Å². The molecule has 0 aromatic rings.